The van der Waals surface area contributed by atoms with Crippen LogP contribution in [0.1, 0.15) is 17.4 Å². The Morgan fingerprint density at radius 1 is 1.12 bits per heavy atom. The summed E-state index contributed by atoms with van der Waals surface area (Å²) in [7, 11) is 0. The zero-order valence-electron chi connectivity index (χ0n) is 17.4. The van der Waals surface area contributed by atoms with Crippen LogP contribution in [0.5, 0.6) is 11.6 Å². The van der Waals surface area contributed by atoms with Gasteiger partial charge >= 0.3 is 5.69 Å². The summed E-state index contributed by atoms with van der Waals surface area (Å²) in [4.78, 5) is 15.2. The Labute approximate surface area is 202 Å². The van der Waals surface area contributed by atoms with Gasteiger partial charge in [-0.1, -0.05) is 59.8 Å². The summed E-state index contributed by atoms with van der Waals surface area (Å²) in [6.07, 6.45) is -0.820. The molecule has 0 fully saturated rings. The molecule has 3 aromatic carbocycles. The van der Waals surface area contributed by atoms with Crippen LogP contribution in [-0.2, 0) is 5.75 Å². The van der Waals surface area contributed by atoms with Gasteiger partial charge in [0.2, 0.25) is 11.0 Å². The van der Waals surface area contributed by atoms with Gasteiger partial charge in [0.15, 0.2) is 17.7 Å². The number of anilines is 1. The maximum atomic E-state index is 11.3. The van der Waals surface area contributed by atoms with Crippen molar-refractivity contribution in [3.8, 4) is 22.9 Å². The number of para-hydroxylation sites is 1. The smallest absolute Gasteiger partial charge is 0.311 e. The third-order valence-electron chi connectivity index (χ3n) is 5.15. The fraction of sp³-hybridized carbons (Fsp3) is 0.0870. The van der Waals surface area contributed by atoms with Crippen molar-refractivity contribution in [1.82, 2.24) is 15.2 Å². The van der Waals surface area contributed by atoms with Crippen LogP contribution in [0, 0.1) is 10.1 Å². The molecule has 9 nitrogen and oxygen atoms in total. The molecule has 0 amide bonds. The van der Waals surface area contributed by atoms with E-state index < -0.39 is 22.6 Å². The van der Waals surface area contributed by atoms with Gasteiger partial charge in [-0.15, -0.1) is 10.2 Å². The number of hydrogen-bond donors (Lipinski definition) is 2. The van der Waals surface area contributed by atoms with Gasteiger partial charge in [-0.3, -0.25) is 10.1 Å². The van der Waals surface area contributed by atoms with Gasteiger partial charge in [-0.25, -0.2) is 0 Å². The molecular formula is C23H16ClN5O4S. The van der Waals surface area contributed by atoms with Crippen LogP contribution in [0.4, 0.5) is 11.4 Å². The highest BCUT2D eigenvalue weighted by atomic mass is 35.5. The van der Waals surface area contributed by atoms with Crippen LogP contribution in [0.15, 0.2) is 71.9 Å². The molecule has 1 aromatic heterocycles. The van der Waals surface area contributed by atoms with Crippen LogP contribution in [0.2, 0.25) is 5.02 Å². The average Bonchev–Trinajstić information content (AvgIpc) is 3.00. The molecule has 34 heavy (non-hydrogen) atoms. The van der Waals surface area contributed by atoms with Gasteiger partial charge in [0.05, 0.1) is 4.92 Å². The first-order chi connectivity index (χ1) is 16.5. The zero-order valence-corrected chi connectivity index (χ0v) is 19.0. The average molecular weight is 494 g/mol. The Morgan fingerprint density at radius 2 is 1.91 bits per heavy atom. The van der Waals surface area contributed by atoms with Crippen molar-refractivity contribution >= 4 is 34.7 Å². The second-order valence-electron chi connectivity index (χ2n) is 7.32. The molecule has 0 saturated carbocycles. The standard InChI is InChI=1S/C23H16ClN5O4S/c24-16-7-3-1-5-14(16)12-34-23-26-22-20(27-28-23)15-6-2-4-8-17(15)25-21(33-22)13-9-10-19(30)18(11-13)29(31)32/h1-11,21,25,30H,12H2/t21-/m0/s1. The fourth-order valence-electron chi connectivity index (χ4n) is 3.47. The number of ether oxygens (including phenoxy) is 1. The molecule has 11 heteroatoms. The van der Waals surface area contributed by atoms with E-state index in [1.807, 2.05) is 48.5 Å². The number of hydrogen-bond acceptors (Lipinski definition) is 9. The fourth-order valence-corrected chi connectivity index (χ4v) is 4.53. The summed E-state index contributed by atoms with van der Waals surface area (Å²) in [5.74, 6) is 0.350. The SMILES string of the molecule is O=[N+]([O-])c1cc([C@H]2Nc3ccccc3-c3nnc(SCc4ccccc4Cl)nc3O2)ccc1O. The number of nitrogens with zero attached hydrogens (tertiary/aromatic N) is 4. The quantitative estimate of drug-likeness (QED) is 0.207. The van der Waals surface area contributed by atoms with Crippen molar-refractivity contribution in [2.45, 2.75) is 17.1 Å². The Morgan fingerprint density at radius 3 is 2.74 bits per heavy atom. The summed E-state index contributed by atoms with van der Waals surface area (Å²) in [5, 5.41) is 34.1. The van der Waals surface area contributed by atoms with Gasteiger partial charge in [0.1, 0.15) is 0 Å². The highest BCUT2D eigenvalue weighted by molar-refractivity contribution is 7.98. The monoisotopic (exact) mass is 493 g/mol. The van der Waals surface area contributed by atoms with E-state index in [2.05, 4.69) is 20.5 Å². The molecule has 2 heterocycles. The van der Waals surface area contributed by atoms with Crippen molar-refractivity contribution in [3.05, 3.63) is 93.0 Å². The summed E-state index contributed by atoms with van der Waals surface area (Å²) in [6.45, 7) is 0. The lowest BCUT2D eigenvalue weighted by Gasteiger charge is -2.19. The third-order valence-corrected chi connectivity index (χ3v) is 6.40. The number of phenolic OH excluding ortho intramolecular Hbond substituents is 1. The first-order valence-corrected chi connectivity index (χ1v) is 11.5. The van der Waals surface area contributed by atoms with Crippen LogP contribution >= 0.6 is 23.4 Å². The Kier molecular flexibility index (Phi) is 5.91. The number of fused-ring (bicyclic) bond motifs is 3. The van der Waals surface area contributed by atoms with E-state index in [-0.39, 0.29) is 5.88 Å². The van der Waals surface area contributed by atoms with E-state index >= 15 is 0 Å². The molecule has 0 bridgehead atoms. The van der Waals surface area contributed by atoms with Crippen LogP contribution in [0.3, 0.4) is 0 Å². The zero-order chi connectivity index (χ0) is 23.7. The molecule has 1 atom stereocenters. The molecule has 1 aliphatic heterocycles. The van der Waals surface area contributed by atoms with E-state index in [4.69, 9.17) is 16.3 Å². The summed E-state index contributed by atoms with van der Waals surface area (Å²) in [5.41, 5.74) is 2.84. The molecule has 5 rings (SSSR count). The molecule has 0 spiro atoms. The lowest BCUT2D eigenvalue weighted by atomic mass is 10.1. The normalized spacial score (nSPS) is 14.2. The molecule has 0 radical (unpaired) electrons. The second-order valence-corrected chi connectivity index (χ2v) is 8.67. The molecule has 2 N–H and O–H groups in total. The number of nitro benzene ring substituents is 1. The lowest BCUT2D eigenvalue weighted by Crippen LogP contribution is -2.17. The molecule has 1 aliphatic rings. The summed E-state index contributed by atoms with van der Waals surface area (Å²) >= 11 is 7.61. The van der Waals surface area contributed by atoms with Crippen molar-refractivity contribution in [2.24, 2.45) is 0 Å². The van der Waals surface area contributed by atoms with Gasteiger partial charge in [0, 0.05) is 33.7 Å². The van der Waals surface area contributed by atoms with Crippen molar-refractivity contribution in [2.75, 3.05) is 5.32 Å². The number of phenols is 1. The predicted octanol–water partition coefficient (Wildman–Crippen LogP) is 5.60. The van der Waals surface area contributed by atoms with Gasteiger partial charge in [0.25, 0.3) is 0 Å². The first-order valence-electron chi connectivity index (χ1n) is 10.1. The van der Waals surface area contributed by atoms with Crippen molar-refractivity contribution in [3.63, 3.8) is 0 Å². The molecule has 4 aromatic rings. The highest BCUT2D eigenvalue weighted by Crippen LogP contribution is 2.40. The summed E-state index contributed by atoms with van der Waals surface area (Å²) in [6, 6.07) is 19.0. The highest BCUT2D eigenvalue weighted by Gasteiger charge is 2.27. The van der Waals surface area contributed by atoms with Crippen molar-refractivity contribution < 1.29 is 14.8 Å². The van der Waals surface area contributed by atoms with Crippen LogP contribution in [-0.4, -0.2) is 25.2 Å². The maximum absolute atomic E-state index is 11.3. The van der Waals surface area contributed by atoms with Crippen LogP contribution in [0.25, 0.3) is 11.3 Å². The second kappa shape index (κ2) is 9.16. The van der Waals surface area contributed by atoms with Crippen molar-refractivity contribution in [1.29, 1.82) is 0 Å². The third kappa shape index (κ3) is 4.33. The van der Waals surface area contributed by atoms with E-state index in [1.165, 1.54) is 23.9 Å². The molecule has 0 aliphatic carbocycles. The maximum Gasteiger partial charge on any atom is 0.311 e. The molecular weight excluding hydrogens is 478 g/mol. The number of nitro groups is 1. The Bertz CT molecular complexity index is 1400. The van der Waals surface area contributed by atoms with E-state index in [0.717, 1.165) is 11.1 Å². The van der Waals surface area contributed by atoms with Gasteiger partial charge < -0.3 is 15.2 Å². The summed E-state index contributed by atoms with van der Waals surface area (Å²) < 4.78 is 6.15. The topological polar surface area (TPSA) is 123 Å². The van der Waals surface area contributed by atoms with E-state index in [9.17, 15) is 15.2 Å². The number of thioether (sulfide) groups is 1. The minimum atomic E-state index is -0.820. The molecule has 0 unspecified atom stereocenters. The number of benzene rings is 3. The number of halogens is 1. The number of rotatable bonds is 5. The largest absolute Gasteiger partial charge is 0.502 e. The van der Waals surface area contributed by atoms with E-state index in [1.54, 1.807) is 6.07 Å². The lowest BCUT2D eigenvalue weighted by molar-refractivity contribution is -0.386. The number of aromatic hydroxyl groups is 1. The predicted molar refractivity (Wildman–Crippen MR) is 128 cm³/mol. The van der Waals surface area contributed by atoms with E-state index in [0.29, 0.717) is 32.9 Å². The molecule has 0 saturated heterocycles. The number of aromatic nitrogens is 3. The number of nitrogens with one attached hydrogen (secondary N) is 1. The van der Waals surface area contributed by atoms with Crippen LogP contribution < -0.4 is 10.1 Å². The minimum Gasteiger partial charge on any atom is -0.502 e. The first kappa shape index (κ1) is 21.9. The van der Waals surface area contributed by atoms with Gasteiger partial charge in [-0.2, -0.15) is 4.98 Å². The minimum absolute atomic E-state index is 0.231. The Balaban J connectivity index is 1.51. The molecule has 170 valence electrons. The Hall–Kier alpha value is -3.89. The van der Waals surface area contributed by atoms with Gasteiger partial charge in [-0.05, 0) is 29.8 Å².